The van der Waals surface area contributed by atoms with Gasteiger partial charge in [-0.3, -0.25) is 0 Å². The predicted octanol–water partition coefficient (Wildman–Crippen LogP) is 1.41. The Labute approximate surface area is 78.1 Å². The molecule has 1 aromatic heterocycles. The summed E-state index contributed by atoms with van der Waals surface area (Å²) < 4.78 is 5.09. The summed E-state index contributed by atoms with van der Waals surface area (Å²) in [7, 11) is 1.59. The van der Waals surface area contributed by atoms with Gasteiger partial charge in [0.2, 0.25) is 11.8 Å². The molecule has 0 radical (unpaired) electrons. The van der Waals surface area contributed by atoms with E-state index in [1.54, 1.807) is 13.3 Å². The minimum absolute atomic E-state index is 0.261. The number of unbranched alkanes of at least 4 members (excludes halogenated alkanes) is 1. The normalized spacial score (nSPS) is 10.0. The molecule has 72 valence electrons. The standard InChI is InChI=1S/C9H15N3O/c1-3-4-5-7-6-11-9(10)12-8(7)13-2/h6H,3-5H2,1-2H3,(H2,10,11,12). The number of nitrogens with two attached hydrogens (primary N) is 1. The van der Waals surface area contributed by atoms with Gasteiger partial charge in [0.15, 0.2) is 0 Å². The van der Waals surface area contributed by atoms with Crippen molar-refractivity contribution in [2.45, 2.75) is 26.2 Å². The summed E-state index contributed by atoms with van der Waals surface area (Å²) in [5.74, 6) is 0.859. The first-order chi connectivity index (χ1) is 6.27. The van der Waals surface area contributed by atoms with Crippen molar-refractivity contribution in [3.05, 3.63) is 11.8 Å². The molecule has 0 saturated carbocycles. The summed E-state index contributed by atoms with van der Waals surface area (Å²) >= 11 is 0. The van der Waals surface area contributed by atoms with Crippen molar-refractivity contribution >= 4 is 5.95 Å². The van der Waals surface area contributed by atoms with Gasteiger partial charge in [-0.05, 0) is 12.8 Å². The van der Waals surface area contributed by atoms with Gasteiger partial charge in [-0.2, -0.15) is 4.98 Å². The van der Waals surface area contributed by atoms with Crippen LogP contribution in [0.1, 0.15) is 25.3 Å². The third kappa shape index (κ3) is 2.57. The molecule has 0 aliphatic carbocycles. The lowest BCUT2D eigenvalue weighted by Crippen LogP contribution is -2.01. The monoisotopic (exact) mass is 181 g/mol. The van der Waals surface area contributed by atoms with Crippen LogP contribution in [0.25, 0.3) is 0 Å². The minimum Gasteiger partial charge on any atom is -0.481 e. The van der Waals surface area contributed by atoms with Crippen LogP contribution in [0.5, 0.6) is 5.88 Å². The number of ether oxygens (including phenoxy) is 1. The van der Waals surface area contributed by atoms with E-state index in [1.165, 1.54) is 0 Å². The first kappa shape index (κ1) is 9.77. The van der Waals surface area contributed by atoms with E-state index in [2.05, 4.69) is 16.9 Å². The lowest BCUT2D eigenvalue weighted by molar-refractivity contribution is 0.391. The number of anilines is 1. The Morgan fingerprint density at radius 1 is 1.54 bits per heavy atom. The second-order valence-electron chi connectivity index (χ2n) is 2.87. The Hall–Kier alpha value is -1.32. The second-order valence-corrected chi connectivity index (χ2v) is 2.87. The number of nitrogen functional groups attached to an aromatic ring is 1. The molecule has 4 heteroatoms. The topological polar surface area (TPSA) is 61.0 Å². The molecule has 0 aliphatic heterocycles. The van der Waals surface area contributed by atoms with Crippen molar-refractivity contribution in [2.75, 3.05) is 12.8 Å². The fourth-order valence-electron chi connectivity index (χ4n) is 1.12. The Morgan fingerprint density at radius 2 is 2.31 bits per heavy atom. The highest BCUT2D eigenvalue weighted by Crippen LogP contribution is 2.16. The summed E-state index contributed by atoms with van der Waals surface area (Å²) in [6.45, 7) is 2.14. The van der Waals surface area contributed by atoms with Crippen LogP contribution >= 0.6 is 0 Å². The number of nitrogens with zero attached hydrogens (tertiary/aromatic N) is 2. The molecule has 0 amide bonds. The lowest BCUT2D eigenvalue weighted by atomic mass is 10.1. The summed E-state index contributed by atoms with van der Waals surface area (Å²) in [6, 6.07) is 0. The van der Waals surface area contributed by atoms with E-state index in [4.69, 9.17) is 10.5 Å². The second kappa shape index (κ2) is 4.64. The summed E-state index contributed by atoms with van der Waals surface area (Å²) in [5.41, 5.74) is 6.46. The molecule has 0 aliphatic rings. The molecule has 0 spiro atoms. The Morgan fingerprint density at radius 3 is 2.92 bits per heavy atom. The minimum atomic E-state index is 0.261. The molecule has 13 heavy (non-hydrogen) atoms. The number of methoxy groups -OCH3 is 1. The number of rotatable bonds is 4. The van der Waals surface area contributed by atoms with E-state index >= 15 is 0 Å². The molecule has 0 atom stereocenters. The maximum Gasteiger partial charge on any atom is 0.223 e. The molecule has 0 saturated heterocycles. The fourth-order valence-corrected chi connectivity index (χ4v) is 1.12. The lowest BCUT2D eigenvalue weighted by Gasteiger charge is -2.05. The highest BCUT2D eigenvalue weighted by atomic mass is 16.5. The van der Waals surface area contributed by atoms with Crippen molar-refractivity contribution in [3.8, 4) is 5.88 Å². The van der Waals surface area contributed by atoms with Crippen LogP contribution in [0, 0.1) is 0 Å². The molecule has 0 unspecified atom stereocenters. The molecule has 0 aromatic carbocycles. The Balaban J connectivity index is 2.79. The highest BCUT2D eigenvalue weighted by molar-refractivity contribution is 5.29. The summed E-state index contributed by atoms with van der Waals surface area (Å²) in [4.78, 5) is 7.92. The van der Waals surface area contributed by atoms with Crippen molar-refractivity contribution in [2.24, 2.45) is 0 Å². The maximum atomic E-state index is 5.43. The molecule has 0 bridgehead atoms. The van der Waals surface area contributed by atoms with Gasteiger partial charge in [-0.1, -0.05) is 13.3 Å². The van der Waals surface area contributed by atoms with Gasteiger partial charge >= 0.3 is 0 Å². The van der Waals surface area contributed by atoms with Crippen LogP contribution in [0.2, 0.25) is 0 Å². The zero-order valence-electron chi connectivity index (χ0n) is 8.08. The largest absolute Gasteiger partial charge is 0.481 e. The van der Waals surface area contributed by atoms with E-state index in [-0.39, 0.29) is 5.95 Å². The number of hydrogen-bond donors (Lipinski definition) is 1. The quantitative estimate of drug-likeness (QED) is 0.762. The Bertz CT molecular complexity index is 276. The molecule has 0 fully saturated rings. The van der Waals surface area contributed by atoms with Gasteiger partial charge in [0.25, 0.3) is 0 Å². The average molecular weight is 181 g/mol. The highest BCUT2D eigenvalue weighted by Gasteiger charge is 2.04. The number of hydrogen-bond acceptors (Lipinski definition) is 4. The SMILES string of the molecule is CCCCc1cnc(N)nc1OC. The summed E-state index contributed by atoms with van der Waals surface area (Å²) in [5, 5.41) is 0. The zero-order valence-corrected chi connectivity index (χ0v) is 8.08. The predicted molar refractivity (Wildman–Crippen MR) is 51.6 cm³/mol. The van der Waals surface area contributed by atoms with E-state index in [0.717, 1.165) is 24.8 Å². The van der Waals surface area contributed by atoms with Crippen molar-refractivity contribution < 1.29 is 4.74 Å². The van der Waals surface area contributed by atoms with Gasteiger partial charge in [-0.15, -0.1) is 0 Å². The molecular formula is C9H15N3O. The maximum absolute atomic E-state index is 5.43. The zero-order chi connectivity index (χ0) is 9.68. The first-order valence-corrected chi connectivity index (χ1v) is 4.43. The Kier molecular flexibility index (Phi) is 3.49. The third-order valence-corrected chi connectivity index (χ3v) is 1.84. The molecule has 1 aromatic rings. The van der Waals surface area contributed by atoms with Gasteiger partial charge in [0.1, 0.15) is 0 Å². The van der Waals surface area contributed by atoms with E-state index in [0.29, 0.717) is 5.88 Å². The smallest absolute Gasteiger partial charge is 0.223 e. The van der Waals surface area contributed by atoms with Crippen LogP contribution in [0.3, 0.4) is 0 Å². The van der Waals surface area contributed by atoms with Crippen LogP contribution in [-0.2, 0) is 6.42 Å². The van der Waals surface area contributed by atoms with Crippen molar-refractivity contribution in [3.63, 3.8) is 0 Å². The number of aromatic nitrogens is 2. The molecule has 4 nitrogen and oxygen atoms in total. The first-order valence-electron chi connectivity index (χ1n) is 4.43. The molecule has 2 N–H and O–H groups in total. The van der Waals surface area contributed by atoms with Crippen LogP contribution in [0.15, 0.2) is 6.20 Å². The molecular weight excluding hydrogens is 166 g/mol. The number of aryl methyl sites for hydroxylation is 1. The van der Waals surface area contributed by atoms with Crippen molar-refractivity contribution in [1.82, 2.24) is 9.97 Å². The van der Waals surface area contributed by atoms with Gasteiger partial charge in [-0.25, -0.2) is 4.98 Å². The van der Waals surface area contributed by atoms with Gasteiger partial charge < -0.3 is 10.5 Å². The third-order valence-electron chi connectivity index (χ3n) is 1.84. The molecule has 1 rings (SSSR count). The van der Waals surface area contributed by atoms with E-state index in [1.807, 2.05) is 0 Å². The molecule has 1 heterocycles. The van der Waals surface area contributed by atoms with Crippen LogP contribution < -0.4 is 10.5 Å². The van der Waals surface area contributed by atoms with Crippen LogP contribution in [0.4, 0.5) is 5.95 Å². The van der Waals surface area contributed by atoms with Gasteiger partial charge in [0, 0.05) is 11.8 Å². The van der Waals surface area contributed by atoms with E-state index < -0.39 is 0 Å². The average Bonchev–Trinajstić information content (AvgIpc) is 2.16. The van der Waals surface area contributed by atoms with Crippen LogP contribution in [-0.4, -0.2) is 17.1 Å². The van der Waals surface area contributed by atoms with Gasteiger partial charge in [0.05, 0.1) is 7.11 Å². The summed E-state index contributed by atoms with van der Waals surface area (Å²) in [6.07, 6.45) is 4.94. The van der Waals surface area contributed by atoms with E-state index in [9.17, 15) is 0 Å². The van der Waals surface area contributed by atoms with Crippen molar-refractivity contribution in [1.29, 1.82) is 0 Å². The fraction of sp³-hybridized carbons (Fsp3) is 0.556.